The van der Waals surface area contributed by atoms with Gasteiger partial charge >= 0.3 is 0 Å². The van der Waals surface area contributed by atoms with Gasteiger partial charge < -0.3 is 9.47 Å². The summed E-state index contributed by atoms with van der Waals surface area (Å²) in [6.45, 7) is 0. The van der Waals surface area contributed by atoms with Crippen molar-refractivity contribution in [3.63, 3.8) is 0 Å². The normalized spacial score (nSPS) is 10.3. The minimum atomic E-state index is 0.615. The molecule has 0 bridgehead atoms. The Labute approximate surface area is 144 Å². The predicted octanol–water partition coefficient (Wildman–Crippen LogP) is 5.22. The van der Waals surface area contributed by atoms with E-state index >= 15 is 0 Å². The molecule has 1 heterocycles. The van der Waals surface area contributed by atoms with Crippen molar-refractivity contribution < 1.29 is 9.47 Å². The zero-order valence-electron chi connectivity index (χ0n) is 12.8. The molecule has 0 N–H and O–H groups in total. The SMILES string of the molecule is COc1ccc(-c2cc(-c3ccc(OC)cc3)sc(=S)n2)cc1. The number of aromatic nitrogens is 1. The topological polar surface area (TPSA) is 31.4 Å². The molecular weight excluding hydrogens is 326 g/mol. The van der Waals surface area contributed by atoms with Gasteiger partial charge in [0.05, 0.1) is 19.9 Å². The highest BCUT2D eigenvalue weighted by Gasteiger charge is 2.06. The lowest BCUT2D eigenvalue weighted by molar-refractivity contribution is 0.415. The van der Waals surface area contributed by atoms with Gasteiger partial charge in [-0.25, -0.2) is 4.98 Å². The highest BCUT2D eigenvalue weighted by molar-refractivity contribution is 7.73. The van der Waals surface area contributed by atoms with Crippen molar-refractivity contribution in [2.75, 3.05) is 14.2 Å². The van der Waals surface area contributed by atoms with Crippen LogP contribution >= 0.6 is 23.6 Å². The van der Waals surface area contributed by atoms with Crippen LogP contribution in [-0.4, -0.2) is 19.2 Å². The third kappa shape index (κ3) is 3.57. The maximum Gasteiger partial charge on any atom is 0.181 e. The molecule has 5 heteroatoms. The van der Waals surface area contributed by atoms with E-state index < -0.39 is 0 Å². The molecule has 0 amide bonds. The molecule has 2 aromatic carbocycles. The molecule has 0 saturated heterocycles. The second kappa shape index (κ2) is 6.89. The third-order valence-corrected chi connectivity index (χ3v) is 4.62. The fourth-order valence-electron chi connectivity index (χ4n) is 2.21. The first-order valence-corrected chi connectivity index (χ1v) is 8.23. The van der Waals surface area contributed by atoms with Crippen LogP contribution in [0.5, 0.6) is 11.5 Å². The Kier molecular flexibility index (Phi) is 4.69. The van der Waals surface area contributed by atoms with Gasteiger partial charge in [-0.2, -0.15) is 0 Å². The van der Waals surface area contributed by atoms with Gasteiger partial charge in [-0.15, -0.1) is 11.3 Å². The molecule has 0 radical (unpaired) electrons. The van der Waals surface area contributed by atoms with Crippen LogP contribution in [0.15, 0.2) is 54.6 Å². The van der Waals surface area contributed by atoms with E-state index in [1.54, 1.807) is 14.2 Å². The van der Waals surface area contributed by atoms with Gasteiger partial charge in [0.25, 0.3) is 0 Å². The Morgan fingerprint density at radius 2 is 1.35 bits per heavy atom. The number of rotatable bonds is 4. The van der Waals surface area contributed by atoms with Crippen LogP contribution in [0.25, 0.3) is 21.7 Å². The molecule has 0 saturated carbocycles. The Bertz CT molecular complexity index is 787. The summed E-state index contributed by atoms with van der Waals surface area (Å²) >= 11 is 6.84. The molecule has 0 aliphatic carbocycles. The Hall–Kier alpha value is -2.24. The lowest BCUT2D eigenvalue weighted by Gasteiger charge is -2.06. The number of hydrogen-bond acceptors (Lipinski definition) is 5. The van der Waals surface area contributed by atoms with Crippen LogP contribution in [0.2, 0.25) is 0 Å². The zero-order chi connectivity index (χ0) is 16.2. The van der Waals surface area contributed by atoms with Crippen molar-refractivity contribution >= 4 is 23.6 Å². The predicted molar refractivity (Wildman–Crippen MR) is 96.9 cm³/mol. The summed E-state index contributed by atoms with van der Waals surface area (Å²) in [6.07, 6.45) is 0. The summed E-state index contributed by atoms with van der Waals surface area (Å²) in [4.78, 5) is 5.57. The first-order chi connectivity index (χ1) is 11.2. The minimum absolute atomic E-state index is 0.615. The Morgan fingerprint density at radius 1 is 0.826 bits per heavy atom. The van der Waals surface area contributed by atoms with E-state index in [1.165, 1.54) is 11.3 Å². The molecule has 23 heavy (non-hydrogen) atoms. The van der Waals surface area contributed by atoms with E-state index in [0.717, 1.165) is 33.2 Å². The van der Waals surface area contributed by atoms with E-state index in [0.29, 0.717) is 3.95 Å². The van der Waals surface area contributed by atoms with Crippen molar-refractivity contribution in [3.05, 3.63) is 58.6 Å². The van der Waals surface area contributed by atoms with Crippen molar-refractivity contribution in [2.45, 2.75) is 0 Å². The smallest absolute Gasteiger partial charge is 0.181 e. The van der Waals surface area contributed by atoms with Crippen molar-refractivity contribution in [1.29, 1.82) is 0 Å². The van der Waals surface area contributed by atoms with Gasteiger partial charge in [0.2, 0.25) is 0 Å². The number of ether oxygens (including phenoxy) is 2. The quantitative estimate of drug-likeness (QED) is 0.609. The third-order valence-electron chi connectivity index (χ3n) is 3.44. The lowest BCUT2D eigenvalue weighted by Crippen LogP contribution is -1.87. The van der Waals surface area contributed by atoms with Gasteiger partial charge in [-0.3, -0.25) is 0 Å². The van der Waals surface area contributed by atoms with Gasteiger partial charge in [0.15, 0.2) is 3.95 Å². The van der Waals surface area contributed by atoms with E-state index in [2.05, 4.69) is 11.1 Å². The first-order valence-electron chi connectivity index (χ1n) is 7.00. The van der Waals surface area contributed by atoms with Gasteiger partial charge in [0.1, 0.15) is 11.5 Å². The average Bonchev–Trinajstić information content (AvgIpc) is 2.61. The maximum absolute atomic E-state index is 5.34. The Balaban J connectivity index is 2.02. The van der Waals surface area contributed by atoms with Crippen LogP contribution in [0.1, 0.15) is 0 Å². The average molecular weight is 341 g/mol. The zero-order valence-corrected chi connectivity index (χ0v) is 14.4. The fourth-order valence-corrected chi connectivity index (χ4v) is 3.33. The number of hydrogen-bond donors (Lipinski definition) is 0. The summed E-state index contributed by atoms with van der Waals surface area (Å²) in [5.74, 6) is 1.66. The molecule has 1 aromatic heterocycles. The summed E-state index contributed by atoms with van der Waals surface area (Å²) < 4.78 is 11.0. The molecule has 3 aromatic rings. The van der Waals surface area contributed by atoms with Crippen molar-refractivity contribution in [1.82, 2.24) is 4.98 Å². The summed E-state index contributed by atoms with van der Waals surface area (Å²) in [5, 5.41) is 0. The molecule has 3 nitrogen and oxygen atoms in total. The Morgan fingerprint density at radius 3 is 1.87 bits per heavy atom. The van der Waals surface area contributed by atoms with E-state index in [-0.39, 0.29) is 0 Å². The van der Waals surface area contributed by atoms with Crippen LogP contribution in [0.4, 0.5) is 0 Å². The molecule has 0 aliphatic rings. The van der Waals surface area contributed by atoms with E-state index in [4.69, 9.17) is 21.7 Å². The van der Waals surface area contributed by atoms with Crippen molar-refractivity contribution in [2.24, 2.45) is 0 Å². The number of methoxy groups -OCH3 is 2. The highest BCUT2D eigenvalue weighted by atomic mass is 32.1. The lowest BCUT2D eigenvalue weighted by atomic mass is 10.1. The number of benzene rings is 2. The van der Waals surface area contributed by atoms with Crippen LogP contribution in [0, 0.1) is 3.95 Å². The highest BCUT2D eigenvalue weighted by Crippen LogP contribution is 2.30. The summed E-state index contributed by atoms with van der Waals surface area (Å²) in [5.41, 5.74) is 2.97. The fraction of sp³-hybridized carbons (Fsp3) is 0.111. The molecule has 0 spiro atoms. The second-order valence-corrected chi connectivity index (χ2v) is 6.51. The van der Waals surface area contributed by atoms with Crippen LogP contribution < -0.4 is 9.47 Å². The van der Waals surface area contributed by atoms with Crippen LogP contribution in [0.3, 0.4) is 0 Å². The molecule has 0 atom stereocenters. The molecule has 0 fully saturated rings. The maximum atomic E-state index is 5.34. The first kappa shape index (κ1) is 15.6. The summed E-state index contributed by atoms with van der Waals surface area (Å²) in [6, 6.07) is 17.8. The van der Waals surface area contributed by atoms with E-state index in [1.807, 2.05) is 48.5 Å². The van der Waals surface area contributed by atoms with E-state index in [9.17, 15) is 0 Å². The second-order valence-electron chi connectivity index (χ2n) is 4.83. The number of nitrogens with zero attached hydrogens (tertiary/aromatic N) is 1. The molecule has 0 aliphatic heterocycles. The standard InChI is InChI=1S/C18H15NO2S2/c1-20-14-7-3-12(4-8-14)16-11-17(23-18(22)19-16)13-5-9-15(21-2)10-6-13/h3-11H,1-2H3. The molecule has 116 valence electrons. The largest absolute Gasteiger partial charge is 0.497 e. The molecule has 3 rings (SSSR count). The minimum Gasteiger partial charge on any atom is -0.497 e. The molecule has 0 unspecified atom stereocenters. The van der Waals surface area contributed by atoms with Crippen LogP contribution in [-0.2, 0) is 0 Å². The summed E-state index contributed by atoms with van der Waals surface area (Å²) in [7, 11) is 3.31. The van der Waals surface area contributed by atoms with Gasteiger partial charge in [0, 0.05) is 10.4 Å². The van der Waals surface area contributed by atoms with Crippen molar-refractivity contribution in [3.8, 4) is 33.2 Å². The molecular formula is C18H15NO2S2. The van der Waals surface area contributed by atoms with Gasteiger partial charge in [-0.1, -0.05) is 0 Å². The van der Waals surface area contributed by atoms with Gasteiger partial charge in [-0.05, 0) is 72.4 Å². The monoisotopic (exact) mass is 341 g/mol.